The van der Waals surface area contributed by atoms with Crippen molar-refractivity contribution in [3.8, 4) is 0 Å². The highest BCUT2D eigenvalue weighted by Crippen LogP contribution is 2.33. The van der Waals surface area contributed by atoms with Crippen LogP contribution in [0.5, 0.6) is 0 Å². The summed E-state index contributed by atoms with van der Waals surface area (Å²) in [6.45, 7) is 1.17. The zero-order chi connectivity index (χ0) is 19.3. The summed E-state index contributed by atoms with van der Waals surface area (Å²) in [5.74, 6) is 0.170. The average molecular weight is 385 g/mol. The highest BCUT2D eigenvalue weighted by molar-refractivity contribution is 5.73. The van der Waals surface area contributed by atoms with Gasteiger partial charge in [0.1, 0.15) is 5.82 Å². The number of urea groups is 1. The molecular formula is C18H29F2N5O2. The third-order valence-electron chi connectivity index (χ3n) is 5.72. The number of morpholine rings is 1. The van der Waals surface area contributed by atoms with Crippen molar-refractivity contribution in [2.75, 3.05) is 39.9 Å². The number of nitrogens with one attached hydrogen (secondary N) is 1. The predicted molar refractivity (Wildman–Crippen MR) is 96.6 cm³/mol. The van der Waals surface area contributed by atoms with Gasteiger partial charge >= 0.3 is 12.6 Å². The molecule has 0 spiro atoms. The highest BCUT2D eigenvalue weighted by Gasteiger charge is 2.39. The number of rotatable bonds is 6. The van der Waals surface area contributed by atoms with Gasteiger partial charge < -0.3 is 15.0 Å². The van der Waals surface area contributed by atoms with Crippen molar-refractivity contribution in [1.29, 1.82) is 0 Å². The van der Waals surface area contributed by atoms with Crippen molar-refractivity contribution in [3.05, 3.63) is 18.2 Å². The summed E-state index contributed by atoms with van der Waals surface area (Å²) in [6, 6.07) is -0.267. The number of aromatic nitrogens is 2. The molecule has 0 aromatic carbocycles. The van der Waals surface area contributed by atoms with Gasteiger partial charge in [0.05, 0.1) is 19.8 Å². The van der Waals surface area contributed by atoms with Gasteiger partial charge in [-0.3, -0.25) is 9.47 Å². The van der Waals surface area contributed by atoms with Crippen LogP contribution in [0.4, 0.5) is 13.6 Å². The van der Waals surface area contributed by atoms with Gasteiger partial charge in [0, 0.05) is 44.6 Å². The lowest BCUT2D eigenvalue weighted by atomic mass is 9.80. The van der Waals surface area contributed by atoms with Crippen LogP contribution < -0.4 is 5.32 Å². The van der Waals surface area contributed by atoms with Crippen LogP contribution in [0.15, 0.2) is 12.4 Å². The quantitative estimate of drug-likeness (QED) is 0.817. The molecular weight excluding hydrogens is 356 g/mol. The minimum Gasteiger partial charge on any atom is -0.379 e. The number of carbonyl (C=O) groups is 1. The predicted octanol–water partition coefficient (Wildman–Crippen LogP) is 2.45. The molecule has 9 heteroatoms. The van der Waals surface area contributed by atoms with Crippen LogP contribution in [-0.2, 0) is 11.3 Å². The fourth-order valence-electron chi connectivity index (χ4n) is 4.16. The van der Waals surface area contributed by atoms with Crippen molar-refractivity contribution in [1.82, 2.24) is 24.7 Å². The Balaban J connectivity index is 1.59. The Morgan fingerprint density at radius 1 is 1.33 bits per heavy atom. The van der Waals surface area contributed by atoms with E-state index in [0.717, 1.165) is 56.6 Å². The van der Waals surface area contributed by atoms with E-state index >= 15 is 0 Å². The maximum absolute atomic E-state index is 12.9. The molecule has 3 rings (SSSR count). The molecule has 7 nitrogen and oxygen atoms in total. The van der Waals surface area contributed by atoms with Crippen LogP contribution in [0.25, 0.3) is 0 Å². The van der Waals surface area contributed by atoms with E-state index < -0.39 is 6.55 Å². The topological polar surface area (TPSA) is 62.6 Å². The first-order valence-corrected chi connectivity index (χ1v) is 9.63. The van der Waals surface area contributed by atoms with E-state index in [1.807, 2.05) is 0 Å². The maximum atomic E-state index is 12.9. The number of nitrogens with zero attached hydrogens (tertiary/aromatic N) is 4. The van der Waals surface area contributed by atoms with E-state index in [0.29, 0.717) is 6.54 Å². The SMILES string of the molecule is CN(Cc1nccn1C(F)F)C(=O)NCC1(N2CCOCC2)CCCCC1. The van der Waals surface area contributed by atoms with Crippen LogP contribution in [0.3, 0.4) is 0 Å². The molecule has 152 valence electrons. The molecule has 27 heavy (non-hydrogen) atoms. The number of halogens is 2. The van der Waals surface area contributed by atoms with Crippen LogP contribution in [0.1, 0.15) is 44.5 Å². The Morgan fingerprint density at radius 3 is 2.70 bits per heavy atom. The lowest BCUT2D eigenvalue weighted by molar-refractivity contribution is -0.0360. The maximum Gasteiger partial charge on any atom is 0.319 e. The Hall–Kier alpha value is -1.74. The monoisotopic (exact) mass is 385 g/mol. The first kappa shape index (κ1) is 20.0. The molecule has 0 unspecified atom stereocenters. The van der Waals surface area contributed by atoms with Crippen molar-refractivity contribution in [2.24, 2.45) is 0 Å². The van der Waals surface area contributed by atoms with Crippen molar-refractivity contribution in [2.45, 2.75) is 50.7 Å². The van der Waals surface area contributed by atoms with Crippen LogP contribution in [0, 0.1) is 0 Å². The molecule has 1 aliphatic carbocycles. The number of hydrogen-bond acceptors (Lipinski definition) is 4. The van der Waals surface area contributed by atoms with Gasteiger partial charge in [0.25, 0.3) is 0 Å². The molecule has 2 heterocycles. The van der Waals surface area contributed by atoms with Crippen LogP contribution in [-0.4, -0.2) is 70.8 Å². The fraction of sp³-hybridized carbons (Fsp3) is 0.778. The molecule has 0 atom stereocenters. The number of hydrogen-bond donors (Lipinski definition) is 1. The number of amides is 2. The molecule has 1 aromatic heterocycles. The molecule has 1 aliphatic heterocycles. The second kappa shape index (κ2) is 8.97. The number of alkyl halides is 2. The standard InChI is InChI=1S/C18H29F2N5O2/c1-23(13-15-21-7-8-25(15)16(19)20)17(26)22-14-18(5-3-2-4-6-18)24-9-11-27-12-10-24/h7-8,16H,2-6,9-14H2,1H3,(H,22,26). The second-order valence-corrected chi connectivity index (χ2v) is 7.43. The molecule has 1 saturated carbocycles. The molecule has 2 fully saturated rings. The van der Waals surface area contributed by atoms with Crippen LogP contribution in [0.2, 0.25) is 0 Å². The molecule has 1 aromatic rings. The molecule has 1 N–H and O–H groups in total. The molecule has 2 aliphatic rings. The summed E-state index contributed by atoms with van der Waals surface area (Å²) in [6.07, 6.45) is 8.23. The summed E-state index contributed by atoms with van der Waals surface area (Å²) in [5, 5.41) is 3.03. The smallest absolute Gasteiger partial charge is 0.319 e. The minimum absolute atomic E-state index is 0.0278. The summed E-state index contributed by atoms with van der Waals surface area (Å²) in [7, 11) is 1.60. The van der Waals surface area contributed by atoms with E-state index in [9.17, 15) is 13.6 Å². The number of ether oxygens (including phenoxy) is 1. The van der Waals surface area contributed by atoms with Crippen molar-refractivity contribution >= 4 is 6.03 Å². The first-order chi connectivity index (χ1) is 13.0. The largest absolute Gasteiger partial charge is 0.379 e. The van der Waals surface area contributed by atoms with Gasteiger partial charge in [-0.1, -0.05) is 19.3 Å². The summed E-state index contributed by atoms with van der Waals surface area (Å²) < 4.78 is 32.2. The van der Waals surface area contributed by atoms with Gasteiger partial charge in [0.15, 0.2) is 0 Å². The van der Waals surface area contributed by atoms with Gasteiger partial charge in [-0.05, 0) is 12.8 Å². The van der Waals surface area contributed by atoms with Gasteiger partial charge in [-0.25, -0.2) is 9.78 Å². The lowest BCUT2D eigenvalue weighted by Gasteiger charge is -2.48. The normalized spacial score (nSPS) is 20.6. The van der Waals surface area contributed by atoms with E-state index in [-0.39, 0.29) is 23.9 Å². The minimum atomic E-state index is -2.66. The number of carbonyl (C=O) groups excluding carboxylic acids is 1. The van der Waals surface area contributed by atoms with E-state index in [4.69, 9.17) is 4.74 Å². The van der Waals surface area contributed by atoms with Crippen molar-refractivity contribution in [3.63, 3.8) is 0 Å². The lowest BCUT2D eigenvalue weighted by Crippen LogP contribution is -2.60. The first-order valence-electron chi connectivity index (χ1n) is 9.63. The average Bonchev–Trinajstić information content (AvgIpc) is 3.16. The third kappa shape index (κ3) is 4.76. The Morgan fingerprint density at radius 2 is 2.04 bits per heavy atom. The molecule has 0 radical (unpaired) electrons. The van der Waals surface area contributed by atoms with E-state index in [1.54, 1.807) is 7.05 Å². The summed E-state index contributed by atoms with van der Waals surface area (Å²) in [5.41, 5.74) is -0.0278. The van der Waals surface area contributed by atoms with Gasteiger partial charge in [-0.2, -0.15) is 8.78 Å². The van der Waals surface area contributed by atoms with Crippen LogP contribution >= 0.6 is 0 Å². The Kier molecular flexibility index (Phi) is 6.64. The second-order valence-electron chi connectivity index (χ2n) is 7.43. The molecule has 2 amide bonds. The summed E-state index contributed by atoms with van der Waals surface area (Å²) in [4.78, 5) is 20.4. The molecule has 0 bridgehead atoms. The zero-order valence-electron chi connectivity index (χ0n) is 15.9. The van der Waals surface area contributed by atoms with E-state index in [1.165, 1.54) is 23.7 Å². The third-order valence-corrected chi connectivity index (χ3v) is 5.72. The Bertz CT molecular complexity index is 613. The van der Waals surface area contributed by atoms with E-state index in [2.05, 4.69) is 15.2 Å². The van der Waals surface area contributed by atoms with Gasteiger partial charge in [0.2, 0.25) is 0 Å². The van der Waals surface area contributed by atoms with Crippen molar-refractivity contribution < 1.29 is 18.3 Å². The zero-order valence-corrected chi connectivity index (χ0v) is 15.9. The summed E-state index contributed by atoms with van der Waals surface area (Å²) >= 11 is 0. The molecule has 1 saturated heterocycles. The fourth-order valence-corrected chi connectivity index (χ4v) is 4.16. The highest BCUT2D eigenvalue weighted by atomic mass is 19.3. The van der Waals surface area contributed by atoms with Gasteiger partial charge in [-0.15, -0.1) is 0 Å². The number of imidazole rings is 1. The Labute approximate surface area is 158 Å².